The van der Waals surface area contributed by atoms with Gasteiger partial charge in [-0.25, -0.2) is 0 Å². The van der Waals surface area contributed by atoms with Crippen molar-refractivity contribution in [2.24, 2.45) is 0 Å². The quantitative estimate of drug-likeness (QED) is 0.769. The molecule has 1 amide bonds. The number of rotatable bonds is 2. The van der Waals surface area contributed by atoms with Gasteiger partial charge < -0.3 is 14.5 Å². The minimum atomic E-state index is -0.501. The van der Waals surface area contributed by atoms with E-state index in [1.807, 2.05) is 7.05 Å². The summed E-state index contributed by atoms with van der Waals surface area (Å²) >= 11 is 5.96. The van der Waals surface area contributed by atoms with Crippen molar-refractivity contribution < 1.29 is 14.3 Å². The Morgan fingerprint density at radius 2 is 2.20 bits per heavy atom. The number of morpholine rings is 1. The van der Waals surface area contributed by atoms with Crippen LogP contribution in [0.25, 0.3) is 0 Å². The van der Waals surface area contributed by atoms with Crippen LogP contribution >= 0.6 is 11.6 Å². The highest BCUT2D eigenvalue weighted by Crippen LogP contribution is 2.31. The molecule has 2 aliphatic heterocycles. The molecule has 0 N–H and O–H groups in total. The second kappa shape index (κ2) is 5.16. The molecule has 3 rings (SSSR count). The Kier molecular flexibility index (Phi) is 3.50. The molecular weight excluding hydrogens is 280 g/mol. The van der Waals surface area contributed by atoms with E-state index in [1.54, 1.807) is 18.2 Å². The Morgan fingerprint density at radius 3 is 2.95 bits per heavy atom. The number of halogens is 1. The number of hydrogen-bond donors (Lipinski definition) is 0. The Morgan fingerprint density at radius 1 is 1.40 bits per heavy atom. The highest BCUT2D eigenvalue weighted by Gasteiger charge is 2.37. The van der Waals surface area contributed by atoms with Crippen molar-refractivity contribution in [3.8, 4) is 0 Å². The van der Waals surface area contributed by atoms with Crippen LogP contribution in [-0.4, -0.2) is 56.0 Å². The highest BCUT2D eigenvalue weighted by molar-refractivity contribution is 6.52. The predicted molar refractivity (Wildman–Crippen MR) is 75.4 cm³/mol. The number of nitrogens with zero attached hydrogens (tertiary/aromatic N) is 2. The predicted octanol–water partition coefficient (Wildman–Crippen LogP) is 1.20. The first-order valence-electron chi connectivity index (χ1n) is 6.52. The lowest BCUT2D eigenvalue weighted by atomic mass is 10.1. The highest BCUT2D eigenvalue weighted by atomic mass is 35.5. The molecule has 0 bridgehead atoms. The van der Waals surface area contributed by atoms with Gasteiger partial charge in [-0.3, -0.25) is 9.59 Å². The van der Waals surface area contributed by atoms with E-state index >= 15 is 0 Å². The number of fused-ring (bicyclic) bond motifs is 1. The van der Waals surface area contributed by atoms with Crippen molar-refractivity contribution in [1.82, 2.24) is 4.90 Å². The zero-order chi connectivity index (χ0) is 14.3. The molecule has 1 aromatic rings. The third-order valence-corrected chi connectivity index (χ3v) is 3.90. The number of ketones is 1. The topological polar surface area (TPSA) is 49.9 Å². The molecule has 6 heteroatoms. The van der Waals surface area contributed by atoms with Gasteiger partial charge in [0, 0.05) is 18.1 Å². The average Bonchev–Trinajstić information content (AvgIpc) is 2.64. The van der Waals surface area contributed by atoms with Crippen molar-refractivity contribution >= 4 is 29.0 Å². The molecule has 0 spiro atoms. The zero-order valence-corrected chi connectivity index (χ0v) is 11.9. The Bertz CT molecular complexity index is 576. The van der Waals surface area contributed by atoms with Crippen molar-refractivity contribution in [2.45, 2.75) is 6.10 Å². The van der Waals surface area contributed by atoms with Gasteiger partial charge in [0.05, 0.1) is 30.5 Å². The summed E-state index contributed by atoms with van der Waals surface area (Å²) in [5, 5.41) is 0.512. The Labute approximate surface area is 122 Å². The van der Waals surface area contributed by atoms with Gasteiger partial charge in [-0.2, -0.15) is 0 Å². The van der Waals surface area contributed by atoms with E-state index in [-0.39, 0.29) is 6.10 Å². The number of carbonyl (C=O) groups excluding carboxylic acids is 2. The summed E-state index contributed by atoms with van der Waals surface area (Å²) in [5.74, 6) is -0.972. The monoisotopic (exact) mass is 294 g/mol. The minimum Gasteiger partial charge on any atom is -0.374 e. The van der Waals surface area contributed by atoms with Gasteiger partial charge in [-0.15, -0.1) is 0 Å². The smallest absolute Gasteiger partial charge is 0.299 e. The summed E-state index contributed by atoms with van der Waals surface area (Å²) in [6, 6.07) is 4.89. The largest absolute Gasteiger partial charge is 0.374 e. The number of carbonyl (C=O) groups is 2. The third-order valence-electron chi connectivity index (χ3n) is 3.66. The molecule has 1 unspecified atom stereocenters. The van der Waals surface area contributed by atoms with E-state index < -0.39 is 11.7 Å². The molecule has 20 heavy (non-hydrogen) atoms. The number of amides is 1. The third kappa shape index (κ3) is 2.32. The summed E-state index contributed by atoms with van der Waals surface area (Å²) in [6.45, 7) is 2.64. The van der Waals surface area contributed by atoms with E-state index in [0.717, 1.165) is 13.1 Å². The van der Waals surface area contributed by atoms with Crippen molar-refractivity contribution in [3.63, 3.8) is 0 Å². The standard InChI is InChI=1S/C14H15ClN2O3/c1-16-4-5-20-10(7-16)8-17-12-6-9(15)2-3-11(12)13(18)14(17)19/h2-3,6,10H,4-5,7-8H2,1H3. The van der Waals surface area contributed by atoms with Crippen LogP contribution in [0.3, 0.4) is 0 Å². The van der Waals surface area contributed by atoms with Crippen molar-refractivity contribution in [1.29, 1.82) is 0 Å². The molecule has 0 saturated carbocycles. The number of hydrogen-bond acceptors (Lipinski definition) is 4. The van der Waals surface area contributed by atoms with Gasteiger partial charge in [0.25, 0.3) is 11.7 Å². The lowest BCUT2D eigenvalue weighted by Crippen LogP contribution is -2.47. The first-order chi connectivity index (χ1) is 9.56. The summed E-state index contributed by atoms with van der Waals surface area (Å²) in [5.41, 5.74) is 1.01. The summed E-state index contributed by atoms with van der Waals surface area (Å²) < 4.78 is 5.66. The molecule has 0 radical (unpaired) electrons. The fourth-order valence-corrected chi connectivity index (χ4v) is 2.80. The maximum atomic E-state index is 12.1. The molecule has 1 aromatic carbocycles. The van der Waals surface area contributed by atoms with E-state index in [9.17, 15) is 9.59 Å². The van der Waals surface area contributed by atoms with Gasteiger partial charge in [0.2, 0.25) is 0 Å². The summed E-state index contributed by atoms with van der Waals surface area (Å²) in [7, 11) is 2.01. The van der Waals surface area contributed by atoms with Crippen LogP contribution in [0.2, 0.25) is 5.02 Å². The summed E-state index contributed by atoms with van der Waals surface area (Å²) in [6.07, 6.45) is -0.0876. The van der Waals surface area contributed by atoms with Crippen LogP contribution < -0.4 is 4.90 Å². The van der Waals surface area contributed by atoms with Gasteiger partial charge in [0.15, 0.2) is 0 Å². The molecule has 1 saturated heterocycles. The molecule has 1 fully saturated rings. The molecule has 0 aromatic heterocycles. The summed E-state index contributed by atoms with van der Waals surface area (Å²) in [4.78, 5) is 27.7. The second-order valence-electron chi connectivity index (χ2n) is 5.16. The number of likely N-dealkylation sites (N-methyl/N-ethyl adjacent to an activating group) is 1. The van der Waals surface area contributed by atoms with Gasteiger partial charge in [0.1, 0.15) is 0 Å². The molecule has 2 aliphatic rings. The van der Waals surface area contributed by atoms with Crippen molar-refractivity contribution in [3.05, 3.63) is 28.8 Å². The number of benzene rings is 1. The van der Waals surface area contributed by atoms with Crippen LogP contribution in [-0.2, 0) is 9.53 Å². The van der Waals surface area contributed by atoms with Gasteiger partial charge in [-0.1, -0.05) is 11.6 Å². The minimum absolute atomic E-state index is 0.0876. The Balaban J connectivity index is 1.85. The lowest BCUT2D eigenvalue weighted by molar-refractivity contribution is -0.115. The first kappa shape index (κ1) is 13.5. The SMILES string of the molecule is CN1CCOC(CN2C(=O)C(=O)c3ccc(Cl)cc32)C1. The average molecular weight is 295 g/mol. The molecule has 5 nitrogen and oxygen atoms in total. The van der Waals surface area contributed by atoms with E-state index in [0.29, 0.717) is 29.4 Å². The van der Waals surface area contributed by atoms with Crippen molar-refractivity contribution in [2.75, 3.05) is 38.2 Å². The molecule has 1 atom stereocenters. The van der Waals surface area contributed by atoms with E-state index in [2.05, 4.69) is 4.90 Å². The number of anilines is 1. The lowest BCUT2D eigenvalue weighted by Gasteiger charge is -2.32. The second-order valence-corrected chi connectivity index (χ2v) is 5.60. The number of ether oxygens (including phenoxy) is 1. The maximum Gasteiger partial charge on any atom is 0.299 e. The number of Topliss-reactive ketones (excluding diaryl/α,β-unsaturated/α-hetero) is 1. The van der Waals surface area contributed by atoms with Crippen LogP contribution in [0.15, 0.2) is 18.2 Å². The van der Waals surface area contributed by atoms with Crippen LogP contribution in [0.4, 0.5) is 5.69 Å². The van der Waals surface area contributed by atoms with E-state index in [1.165, 1.54) is 4.90 Å². The fraction of sp³-hybridized carbons (Fsp3) is 0.429. The fourth-order valence-electron chi connectivity index (χ4n) is 2.63. The Hall–Kier alpha value is -1.43. The van der Waals surface area contributed by atoms with Crippen LogP contribution in [0.5, 0.6) is 0 Å². The van der Waals surface area contributed by atoms with Crippen LogP contribution in [0, 0.1) is 0 Å². The zero-order valence-electron chi connectivity index (χ0n) is 11.1. The van der Waals surface area contributed by atoms with Gasteiger partial charge >= 0.3 is 0 Å². The molecule has 106 valence electrons. The maximum absolute atomic E-state index is 12.1. The van der Waals surface area contributed by atoms with Gasteiger partial charge in [-0.05, 0) is 25.2 Å². The molecule has 2 heterocycles. The van der Waals surface area contributed by atoms with Crippen LogP contribution in [0.1, 0.15) is 10.4 Å². The molecular formula is C14H15ClN2O3. The normalized spacial score (nSPS) is 23.3. The molecule has 0 aliphatic carbocycles. The first-order valence-corrected chi connectivity index (χ1v) is 6.90. The van der Waals surface area contributed by atoms with E-state index in [4.69, 9.17) is 16.3 Å².